The highest BCUT2D eigenvalue weighted by Gasteiger charge is 2.34. The van der Waals surface area contributed by atoms with Crippen LogP contribution in [0.25, 0.3) is 11.0 Å². The Morgan fingerprint density at radius 2 is 1.70 bits per heavy atom. The van der Waals surface area contributed by atoms with Crippen LogP contribution in [0.2, 0.25) is 0 Å². The summed E-state index contributed by atoms with van der Waals surface area (Å²) in [7, 11) is 3.11. The third-order valence-electron chi connectivity index (χ3n) is 6.86. The third-order valence-corrected chi connectivity index (χ3v) is 6.86. The predicted octanol–water partition coefficient (Wildman–Crippen LogP) is 4.95. The summed E-state index contributed by atoms with van der Waals surface area (Å²) < 4.78 is 12.6. The van der Waals surface area contributed by atoms with Gasteiger partial charge in [0.15, 0.2) is 11.5 Å². The first-order chi connectivity index (χ1) is 19.4. The molecule has 0 spiro atoms. The highest BCUT2D eigenvalue weighted by atomic mass is 16.5. The Hall–Kier alpha value is -4.40. The molecule has 40 heavy (non-hydrogen) atoms. The number of carbonyl (C=O) groups is 2. The van der Waals surface area contributed by atoms with E-state index in [4.69, 9.17) is 9.47 Å². The van der Waals surface area contributed by atoms with Crippen LogP contribution < -0.4 is 19.7 Å². The van der Waals surface area contributed by atoms with Gasteiger partial charge in [-0.25, -0.2) is 4.68 Å². The molecule has 0 fully saturated rings. The van der Waals surface area contributed by atoms with Crippen LogP contribution in [0.3, 0.4) is 0 Å². The molecule has 3 aromatic carbocycles. The Kier molecular flexibility index (Phi) is 9.37. The standard InChI is InChI=1S/C31H37N5O4/c1-6-22-11-7-9-13-25(22)36(29(37)20-35-26-14-10-8-12-24(26)33-34-35)30(31(38)32-18-17-21(2)3)23-15-16-27(39-4)28(19-23)40-5/h7-16,19,21,30H,6,17-18,20H2,1-5H3,(H,32,38). The molecule has 0 aliphatic carbocycles. The summed E-state index contributed by atoms with van der Waals surface area (Å²) in [5, 5.41) is 11.5. The molecule has 9 heteroatoms. The van der Waals surface area contributed by atoms with E-state index in [0.29, 0.717) is 47.2 Å². The maximum atomic E-state index is 14.3. The molecule has 0 aliphatic heterocycles. The fourth-order valence-corrected chi connectivity index (χ4v) is 4.72. The smallest absolute Gasteiger partial charge is 0.249 e. The molecule has 2 amide bonds. The van der Waals surface area contributed by atoms with Crippen LogP contribution in [0.4, 0.5) is 5.69 Å². The largest absolute Gasteiger partial charge is 0.493 e. The average molecular weight is 544 g/mol. The molecule has 0 saturated carbocycles. The number of para-hydroxylation sites is 2. The minimum Gasteiger partial charge on any atom is -0.493 e. The van der Waals surface area contributed by atoms with Crippen LogP contribution in [0, 0.1) is 5.92 Å². The van der Waals surface area contributed by atoms with E-state index in [1.54, 1.807) is 42.0 Å². The second-order valence-electron chi connectivity index (χ2n) is 9.97. The van der Waals surface area contributed by atoms with Crippen molar-refractivity contribution in [3.8, 4) is 11.5 Å². The van der Waals surface area contributed by atoms with Gasteiger partial charge in [-0.3, -0.25) is 14.5 Å². The van der Waals surface area contributed by atoms with Crippen LogP contribution in [0.5, 0.6) is 11.5 Å². The number of carbonyl (C=O) groups excluding carboxylic acids is 2. The summed E-state index contributed by atoms with van der Waals surface area (Å²) in [5.41, 5.74) is 3.64. The van der Waals surface area contributed by atoms with Crippen molar-refractivity contribution in [2.75, 3.05) is 25.7 Å². The molecule has 0 aliphatic rings. The van der Waals surface area contributed by atoms with E-state index in [1.807, 2.05) is 55.5 Å². The number of nitrogens with zero attached hydrogens (tertiary/aromatic N) is 4. The molecule has 0 bridgehead atoms. The van der Waals surface area contributed by atoms with Crippen LogP contribution in [0.1, 0.15) is 44.4 Å². The highest BCUT2D eigenvalue weighted by Crippen LogP contribution is 2.36. The lowest BCUT2D eigenvalue weighted by atomic mass is 10.00. The van der Waals surface area contributed by atoms with Gasteiger partial charge in [-0.15, -0.1) is 5.10 Å². The number of rotatable bonds is 12. The van der Waals surface area contributed by atoms with Crippen LogP contribution >= 0.6 is 0 Å². The van der Waals surface area contributed by atoms with Crippen molar-refractivity contribution in [3.63, 3.8) is 0 Å². The minimum atomic E-state index is -0.970. The van der Waals surface area contributed by atoms with Gasteiger partial charge in [-0.2, -0.15) is 0 Å². The van der Waals surface area contributed by atoms with E-state index in [-0.39, 0.29) is 18.4 Å². The van der Waals surface area contributed by atoms with E-state index < -0.39 is 6.04 Å². The van der Waals surface area contributed by atoms with E-state index in [0.717, 1.165) is 17.5 Å². The van der Waals surface area contributed by atoms with Gasteiger partial charge >= 0.3 is 0 Å². The van der Waals surface area contributed by atoms with Gasteiger partial charge in [0.25, 0.3) is 0 Å². The second-order valence-corrected chi connectivity index (χ2v) is 9.97. The minimum absolute atomic E-state index is 0.0956. The lowest BCUT2D eigenvalue weighted by Gasteiger charge is -2.33. The summed E-state index contributed by atoms with van der Waals surface area (Å²) in [6.07, 6.45) is 1.49. The number of benzene rings is 3. The van der Waals surface area contributed by atoms with Crippen molar-refractivity contribution >= 4 is 28.5 Å². The second kappa shape index (κ2) is 13.1. The zero-order valence-corrected chi connectivity index (χ0v) is 23.8. The summed E-state index contributed by atoms with van der Waals surface area (Å²) in [6.45, 7) is 6.63. The fourth-order valence-electron chi connectivity index (χ4n) is 4.72. The Bertz CT molecular complexity index is 1470. The van der Waals surface area contributed by atoms with Crippen molar-refractivity contribution in [3.05, 3.63) is 77.9 Å². The number of methoxy groups -OCH3 is 2. The van der Waals surface area contributed by atoms with Gasteiger partial charge in [-0.05, 0) is 60.2 Å². The highest BCUT2D eigenvalue weighted by molar-refractivity contribution is 6.02. The zero-order chi connectivity index (χ0) is 28.6. The van der Waals surface area contributed by atoms with Crippen molar-refractivity contribution in [2.45, 2.75) is 46.2 Å². The molecule has 210 valence electrons. The number of hydrogen-bond acceptors (Lipinski definition) is 6. The van der Waals surface area contributed by atoms with Crippen molar-refractivity contribution < 1.29 is 19.1 Å². The number of hydrogen-bond donors (Lipinski definition) is 1. The van der Waals surface area contributed by atoms with E-state index in [1.165, 1.54) is 0 Å². The lowest BCUT2D eigenvalue weighted by molar-refractivity contribution is -0.127. The number of aryl methyl sites for hydroxylation is 1. The number of fused-ring (bicyclic) bond motifs is 1. The van der Waals surface area contributed by atoms with Gasteiger partial charge in [0.05, 0.1) is 19.7 Å². The quantitative estimate of drug-likeness (QED) is 0.272. The van der Waals surface area contributed by atoms with Gasteiger partial charge in [0.2, 0.25) is 11.8 Å². The molecule has 0 radical (unpaired) electrons. The van der Waals surface area contributed by atoms with Crippen LogP contribution in [-0.4, -0.2) is 47.6 Å². The van der Waals surface area contributed by atoms with Crippen molar-refractivity contribution in [1.29, 1.82) is 0 Å². The fraction of sp³-hybridized carbons (Fsp3) is 0.355. The van der Waals surface area contributed by atoms with Crippen molar-refractivity contribution in [1.82, 2.24) is 20.3 Å². The first-order valence-electron chi connectivity index (χ1n) is 13.6. The first kappa shape index (κ1) is 28.6. The molecule has 1 N–H and O–H groups in total. The number of amides is 2. The first-order valence-corrected chi connectivity index (χ1v) is 13.6. The molecule has 0 saturated heterocycles. The predicted molar refractivity (Wildman–Crippen MR) is 156 cm³/mol. The Morgan fingerprint density at radius 3 is 2.42 bits per heavy atom. The molecular formula is C31H37N5O4. The van der Waals surface area contributed by atoms with Gasteiger partial charge in [0, 0.05) is 12.2 Å². The number of anilines is 1. The van der Waals surface area contributed by atoms with Gasteiger partial charge in [-0.1, -0.05) is 62.4 Å². The average Bonchev–Trinajstić information content (AvgIpc) is 3.37. The van der Waals surface area contributed by atoms with E-state index in [2.05, 4.69) is 29.5 Å². The van der Waals surface area contributed by atoms with E-state index >= 15 is 0 Å². The summed E-state index contributed by atoms with van der Waals surface area (Å²) >= 11 is 0. The van der Waals surface area contributed by atoms with Gasteiger partial charge < -0.3 is 14.8 Å². The molecule has 4 aromatic rings. The van der Waals surface area contributed by atoms with Gasteiger partial charge in [0.1, 0.15) is 18.1 Å². The number of nitrogens with one attached hydrogen (secondary N) is 1. The Labute approximate surface area is 235 Å². The molecule has 1 unspecified atom stereocenters. The third kappa shape index (κ3) is 6.25. The molecular weight excluding hydrogens is 506 g/mol. The normalized spacial score (nSPS) is 11.8. The maximum Gasteiger partial charge on any atom is 0.249 e. The van der Waals surface area contributed by atoms with Crippen molar-refractivity contribution in [2.24, 2.45) is 5.92 Å². The SMILES string of the molecule is CCc1ccccc1N(C(=O)Cn1nnc2ccccc21)C(C(=O)NCCC(C)C)c1ccc(OC)c(OC)c1. The van der Waals surface area contributed by atoms with E-state index in [9.17, 15) is 9.59 Å². The van der Waals surface area contributed by atoms with Crippen LogP contribution in [-0.2, 0) is 22.6 Å². The Morgan fingerprint density at radius 1 is 0.975 bits per heavy atom. The maximum absolute atomic E-state index is 14.3. The molecule has 1 aromatic heterocycles. The number of ether oxygens (including phenoxy) is 2. The summed E-state index contributed by atoms with van der Waals surface area (Å²) in [4.78, 5) is 29.9. The lowest BCUT2D eigenvalue weighted by Crippen LogP contribution is -2.46. The summed E-state index contributed by atoms with van der Waals surface area (Å²) in [5.74, 6) is 0.842. The Balaban J connectivity index is 1.85. The summed E-state index contributed by atoms with van der Waals surface area (Å²) in [6, 6.07) is 19.5. The van der Waals surface area contributed by atoms with Crippen LogP contribution in [0.15, 0.2) is 66.7 Å². The number of aromatic nitrogens is 3. The molecule has 9 nitrogen and oxygen atoms in total. The molecule has 1 atom stereocenters. The monoisotopic (exact) mass is 543 g/mol. The molecule has 1 heterocycles. The topological polar surface area (TPSA) is 98.6 Å². The molecule has 4 rings (SSSR count). The zero-order valence-electron chi connectivity index (χ0n) is 23.8.